The number of carbonyl (C=O) groups is 2. The Morgan fingerprint density at radius 1 is 0.875 bits per heavy atom. The third-order valence-corrected chi connectivity index (χ3v) is 10.2. The summed E-state index contributed by atoms with van der Waals surface area (Å²) in [6.07, 6.45) is -4.02. The second-order valence-corrected chi connectivity index (χ2v) is 14.3. The average Bonchev–Trinajstić information content (AvgIpc) is 3.06. The Morgan fingerprint density at radius 2 is 1.52 bits per heavy atom. The molecule has 4 aromatic carbocycles. The Balaban J connectivity index is 1.84. The van der Waals surface area contributed by atoms with E-state index in [0.717, 1.165) is 27.7 Å². The minimum atomic E-state index is -4.76. The van der Waals surface area contributed by atoms with Gasteiger partial charge in [-0.15, -0.1) is 0 Å². The third kappa shape index (κ3) is 9.47. The molecule has 2 atom stereocenters. The zero-order valence-corrected chi connectivity index (χ0v) is 29.1. The number of sulfonamides is 1. The van der Waals surface area contributed by atoms with Crippen LogP contribution < -0.4 is 9.62 Å². The van der Waals surface area contributed by atoms with Crippen molar-refractivity contribution in [3.63, 3.8) is 0 Å². The van der Waals surface area contributed by atoms with Crippen LogP contribution >= 0.6 is 15.9 Å². The Morgan fingerprint density at radius 3 is 2.12 bits per heavy atom. The molecule has 48 heavy (non-hydrogen) atoms. The van der Waals surface area contributed by atoms with E-state index < -0.39 is 46.2 Å². The summed E-state index contributed by atoms with van der Waals surface area (Å²) < 4.78 is 71.1. The van der Waals surface area contributed by atoms with E-state index in [1.54, 1.807) is 43.3 Å². The predicted molar refractivity (Wildman–Crippen MR) is 184 cm³/mol. The Bertz CT molecular complexity index is 1800. The number of carbonyl (C=O) groups excluding carboxylic acids is 2. The van der Waals surface area contributed by atoms with Gasteiger partial charge in [-0.05, 0) is 73.9 Å². The van der Waals surface area contributed by atoms with Gasteiger partial charge in [-0.25, -0.2) is 8.42 Å². The molecule has 2 amide bonds. The van der Waals surface area contributed by atoms with Gasteiger partial charge in [0.1, 0.15) is 12.6 Å². The van der Waals surface area contributed by atoms with Crippen molar-refractivity contribution in [3.8, 4) is 0 Å². The van der Waals surface area contributed by atoms with Crippen LogP contribution in [0.3, 0.4) is 0 Å². The summed E-state index contributed by atoms with van der Waals surface area (Å²) in [5.41, 5.74) is 0.780. The highest BCUT2D eigenvalue weighted by Crippen LogP contribution is 2.33. The lowest BCUT2D eigenvalue weighted by molar-refractivity contribution is -0.140. The number of rotatable bonds is 13. The van der Waals surface area contributed by atoms with Gasteiger partial charge in [0.15, 0.2) is 0 Å². The first kappa shape index (κ1) is 36.7. The Labute approximate surface area is 287 Å². The minimum absolute atomic E-state index is 0.0709. The minimum Gasteiger partial charge on any atom is -0.352 e. The molecule has 0 heterocycles. The van der Waals surface area contributed by atoms with E-state index in [1.807, 2.05) is 44.2 Å². The molecule has 0 aliphatic carbocycles. The highest BCUT2D eigenvalue weighted by Gasteiger charge is 2.36. The van der Waals surface area contributed by atoms with E-state index in [-0.39, 0.29) is 29.6 Å². The zero-order valence-electron chi connectivity index (χ0n) is 26.7. The van der Waals surface area contributed by atoms with Crippen LogP contribution in [-0.4, -0.2) is 43.8 Å². The van der Waals surface area contributed by atoms with Crippen molar-refractivity contribution >= 4 is 43.5 Å². The molecular weight excluding hydrogens is 707 g/mol. The summed E-state index contributed by atoms with van der Waals surface area (Å²) in [7, 11) is -4.56. The van der Waals surface area contributed by atoms with Gasteiger partial charge in [-0.3, -0.25) is 13.9 Å². The molecule has 0 fully saturated rings. The highest BCUT2D eigenvalue weighted by molar-refractivity contribution is 9.10. The van der Waals surface area contributed by atoms with E-state index in [2.05, 4.69) is 21.2 Å². The molecule has 0 aliphatic heterocycles. The molecule has 0 saturated carbocycles. The number of nitrogens with zero attached hydrogens (tertiary/aromatic N) is 2. The monoisotopic (exact) mass is 743 g/mol. The number of aryl methyl sites for hydroxylation is 1. The van der Waals surface area contributed by atoms with E-state index in [0.29, 0.717) is 22.4 Å². The molecule has 7 nitrogen and oxygen atoms in total. The van der Waals surface area contributed by atoms with Gasteiger partial charge >= 0.3 is 6.18 Å². The van der Waals surface area contributed by atoms with E-state index in [4.69, 9.17) is 0 Å². The molecule has 0 unspecified atom stereocenters. The van der Waals surface area contributed by atoms with Crippen LogP contribution in [0.15, 0.2) is 112 Å². The van der Waals surface area contributed by atoms with Crippen molar-refractivity contribution < 1.29 is 31.2 Å². The summed E-state index contributed by atoms with van der Waals surface area (Å²) in [6, 6.07) is 24.5. The van der Waals surface area contributed by atoms with Crippen molar-refractivity contribution in [1.29, 1.82) is 0 Å². The fourth-order valence-corrected chi connectivity index (χ4v) is 6.66. The normalized spacial score (nSPS) is 13.0. The van der Waals surface area contributed by atoms with Gasteiger partial charge in [-0.1, -0.05) is 89.1 Å². The standard InChI is InChI=1S/C36H37BrF3N3O4S/c1-4-26(3)41-35(45)33(21-27-9-6-5-7-10-27)42(23-28-15-17-30(37)18-16-28)34(44)24-43(31-12-8-11-29(22-31)36(38,39)40)48(46,47)32-19-13-25(2)14-20-32/h5-20,22,26,33H,4,21,23-24H2,1-3H3,(H,41,45)/t26-,33+/m0/s1. The SMILES string of the molecule is CC[C@H](C)NC(=O)[C@@H](Cc1ccccc1)N(Cc1ccc(Br)cc1)C(=O)CN(c1cccc(C(F)(F)F)c1)S(=O)(=O)c1ccc(C)cc1. The van der Waals surface area contributed by atoms with Crippen molar-refractivity contribution in [2.45, 2.75) is 63.3 Å². The van der Waals surface area contributed by atoms with Crippen molar-refractivity contribution in [2.24, 2.45) is 0 Å². The molecule has 0 aliphatic rings. The van der Waals surface area contributed by atoms with Crippen LogP contribution in [0.25, 0.3) is 0 Å². The first-order valence-corrected chi connectivity index (χ1v) is 17.6. The van der Waals surface area contributed by atoms with Crippen molar-refractivity contribution in [2.75, 3.05) is 10.8 Å². The molecule has 4 aromatic rings. The lowest BCUT2D eigenvalue weighted by Gasteiger charge is -2.34. The number of halogens is 4. The molecule has 12 heteroatoms. The number of benzene rings is 4. The molecule has 254 valence electrons. The van der Waals surface area contributed by atoms with Gasteiger partial charge in [0.25, 0.3) is 10.0 Å². The number of nitrogens with one attached hydrogen (secondary N) is 1. The first-order valence-electron chi connectivity index (χ1n) is 15.3. The number of hydrogen-bond donors (Lipinski definition) is 1. The van der Waals surface area contributed by atoms with E-state index >= 15 is 0 Å². The Hall–Kier alpha value is -4.16. The zero-order chi connectivity index (χ0) is 35.1. The summed E-state index contributed by atoms with van der Waals surface area (Å²) in [5.74, 6) is -1.21. The molecule has 0 saturated heterocycles. The van der Waals surface area contributed by atoms with Gasteiger partial charge in [0.2, 0.25) is 11.8 Å². The van der Waals surface area contributed by atoms with Gasteiger partial charge in [0.05, 0.1) is 16.1 Å². The molecule has 0 aromatic heterocycles. The van der Waals surface area contributed by atoms with Crippen LogP contribution in [-0.2, 0) is 38.8 Å². The number of amides is 2. The van der Waals surface area contributed by atoms with Gasteiger partial charge < -0.3 is 10.2 Å². The van der Waals surface area contributed by atoms with Crippen LogP contribution in [0.5, 0.6) is 0 Å². The van der Waals surface area contributed by atoms with E-state index in [1.165, 1.54) is 23.1 Å². The summed E-state index contributed by atoms with van der Waals surface area (Å²) in [6.45, 7) is 4.57. The predicted octanol–water partition coefficient (Wildman–Crippen LogP) is 7.53. The summed E-state index contributed by atoms with van der Waals surface area (Å²) in [4.78, 5) is 29.5. The summed E-state index contributed by atoms with van der Waals surface area (Å²) in [5, 5.41) is 2.95. The maximum atomic E-state index is 14.5. The van der Waals surface area contributed by atoms with Crippen LogP contribution in [0, 0.1) is 6.92 Å². The molecular formula is C36H37BrF3N3O4S. The largest absolute Gasteiger partial charge is 0.416 e. The third-order valence-electron chi connectivity index (χ3n) is 7.89. The average molecular weight is 745 g/mol. The van der Waals surface area contributed by atoms with Crippen LogP contribution in [0.1, 0.15) is 42.5 Å². The highest BCUT2D eigenvalue weighted by atomic mass is 79.9. The fourth-order valence-electron chi connectivity index (χ4n) is 4.99. The lowest BCUT2D eigenvalue weighted by atomic mass is 10.0. The van der Waals surface area contributed by atoms with Crippen LogP contribution in [0.4, 0.5) is 18.9 Å². The molecule has 0 spiro atoms. The van der Waals surface area contributed by atoms with Crippen molar-refractivity contribution in [1.82, 2.24) is 10.2 Å². The Kier molecular flexibility index (Phi) is 12.1. The van der Waals surface area contributed by atoms with Crippen molar-refractivity contribution in [3.05, 3.63) is 130 Å². The smallest absolute Gasteiger partial charge is 0.352 e. The molecule has 0 radical (unpaired) electrons. The topological polar surface area (TPSA) is 86.8 Å². The lowest BCUT2D eigenvalue weighted by Crippen LogP contribution is -2.54. The molecule has 1 N–H and O–H groups in total. The second-order valence-electron chi connectivity index (χ2n) is 11.5. The maximum absolute atomic E-state index is 14.5. The second kappa shape index (κ2) is 15.8. The molecule has 4 rings (SSSR count). The number of alkyl halides is 3. The number of anilines is 1. The van der Waals surface area contributed by atoms with Gasteiger partial charge in [0, 0.05) is 23.5 Å². The van der Waals surface area contributed by atoms with Crippen LogP contribution in [0.2, 0.25) is 0 Å². The summed E-state index contributed by atoms with van der Waals surface area (Å²) >= 11 is 3.40. The quantitative estimate of drug-likeness (QED) is 0.154. The van der Waals surface area contributed by atoms with Gasteiger partial charge in [-0.2, -0.15) is 13.2 Å². The van der Waals surface area contributed by atoms with E-state index in [9.17, 15) is 31.2 Å². The first-order chi connectivity index (χ1) is 22.7. The fraction of sp³-hybridized carbons (Fsp3) is 0.278. The molecule has 0 bridgehead atoms. The maximum Gasteiger partial charge on any atom is 0.416 e. The number of hydrogen-bond acceptors (Lipinski definition) is 4.